The quantitative estimate of drug-likeness (QED) is 0.919. The second-order valence-corrected chi connectivity index (χ2v) is 6.88. The first kappa shape index (κ1) is 16.5. The van der Waals surface area contributed by atoms with Crippen molar-refractivity contribution in [3.8, 4) is 0 Å². The number of hydrogen-bond acceptors (Lipinski definition) is 3. The molecule has 5 heteroatoms. The highest BCUT2D eigenvalue weighted by Gasteiger charge is 2.25. The van der Waals surface area contributed by atoms with Crippen LogP contribution in [0.5, 0.6) is 0 Å². The second-order valence-electron chi connectivity index (χ2n) is 5.38. The average Bonchev–Trinajstić information content (AvgIpc) is 2.62. The SMILES string of the molecule is CCOC(=O)NC1=C(S(=O)c2ccccc2)CCc2ccccc21. The molecule has 4 nitrogen and oxygen atoms in total. The highest BCUT2D eigenvalue weighted by molar-refractivity contribution is 7.89. The number of carbonyl (C=O) groups excluding carboxylic acids is 1. The van der Waals surface area contributed by atoms with Crippen LogP contribution in [0.25, 0.3) is 5.70 Å². The fourth-order valence-electron chi connectivity index (χ4n) is 2.78. The molecule has 0 fully saturated rings. The van der Waals surface area contributed by atoms with E-state index in [9.17, 15) is 9.00 Å². The van der Waals surface area contributed by atoms with Crippen molar-refractivity contribution < 1.29 is 13.7 Å². The first-order valence-corrected chi connectivity index (χ1v) is 9.07. The van der Waals surface area contributed by atoms with Gasteiger partial charge in [-0.3, -0.25) is 5.32 Å². The standard InChI is InChI=1S/C19H19NO3S/c1-2-23-19(21)20-18-16-11-7-6-8-14(16)12-13-17(18)24(22)15-9-4-3-5-10-15/h3-11H,2,12-13H2,1H3,(H,20,21). The van der Waals surface area contributed by atoms with E-state index in [1.165, 1.54) is 0 Å². The van der Waals surface area contributed by atoms with Crippen molar-refractivity contribution in [2.24, 2.45) is 0 Å². The van der Waals surface area contributed by atoms with Gasteiger partial charge in [0.25, 0.3) is 0 Å². The Morgan fingerprint density at radius 3 is 2.54 bits per heavy atom. The molecule has 3 rings (SSSR count). The summed E-state index contributed by atoms with van der Waals surface area (Å²) < 4.78 is 18.0. The lowest BCUT2D eigenvalue weighted by atomic mass is 9.94. The third-order valence-corrected chi connectivity index (χ3v) is 5.43. The van der Waals surface area contributed by atoms with Crippen molar-refractivity contribution in [1.29, 1.82) is 0 Å². The number of carbonyl (C=O) groups is 1. The van der Waals surface area contributed by atoms with Gasteiger partial charge in [0.15, 0.2) is 0 Å². The third kappa shape index (κ3) is 3.41. The van der Waals surface area contributed by atoms with E-state index in [0.717, 1.165) is 27.3 Å². The summed E-state index contributed by atoms with van der Waals surface area (Å²) in [6.45, 7) is 2.05. The Hall–Kier alpha value is -2.40. The zero-order valence-corrected chi connectivity index (χ0v) is 14.3. The number of hydrogen-bond donors (Lipinski definition) is 1. The molecule has 0 saturated heterocycles. The Morgan fingerprint density at radius 1 is 1.08 bits per heavy atom. The number of nitrogens with one attached hydrogen (secondary N) is 1. The van der Waals surface area contributed by atoms with E-state index < -0.39 is 16.9 Å². The van der Waals surface area contributed by atoms with E-state index in [4.69, 9.17) is 4.74 Å². The second kappa shape index (κ2) is 7.45. The normalized spacial score (nSPS) is 14.7. The number of allylic oxidation sites excluding steroid dienone is 1. The van der Waals surface area contributed by atoms with E-state index in [1.54, 1.807) is 6.92 Å². The maximum absolute atomic E-state index is 13.0. The topological polar surface area (TPSA) is 55.4 Å². The Bertz CT molecular complexity index is 799. The molecule has 1 aliphatic carbocycles. The summed E-state index contributed by atoms with van der Waals surface area (Å²) in [5, 5.41) is 2.80. The van der Waals surface area contributed by atoms with Crippen LogP contribution in [0.2, 0.25) is 0 Å². The maximum atomic E-state index is 13.0. The lowest BCUT2D eigenvalue weighted by molar-refractivity contribution is 0.157. The van der Waals surface area contributed by atoms with Gasteiger partial charge in [-0.1, -0.05) is 42.5 Å². The summed E-state index contributed by atoms with van der Waals surface area (Å²) in [7, 11) is -1.32. The Morgan fingerprint density at radius 2 is 1.79 bits per heavy atom. The summed E-state index contributed by atoms with van der Waals surface area (Å²) in [4.78, 5) is 13.4. The summed E-state index contributed by atoms with van der Waals surface area (Å²) in [6, 6.07) is 17.2. The van der Waals surface area contributed by atoms with Gasteiger partial charge in [0.1, 0.15) is 0 Å². The predicted octanol–water partition coefficient (Wildman–Crippen LogP) is 3.86. The molecule has 24 heavy (non-hydrogen) atoms. The van der Waals surface area contributed by atoms with Crippen LogP contribution in [0.1, 0.15) is 24.5 Å². The van der Waals surface area contributed by atoms with Crippen LogP contribution in [0.15, 0.2) is 64.4 Å². The minimum atomic E-state index is -1.32. The molecule has 0 aromatic heterocycles. The summed E-state index contributed by atoms with van der Waals surface area (Å²) in [6.07, 6.45) is 0.921. The van der Waals surface area contributed by atoms with Gasteiger partial charge in [-0.2, -0.15) is 0 Å². The van der Waals surface area contributed by atoms with Crippen molar-refractivity contribution in [2.75, 3.05) is 6.61 Å². The molecule has 0 spiro atoms. The fourth-order valence-corrected chi connectivity index (χ4v) is 4.11. The van der Waals surface area contributed by atoms with Gasteiger partial charge in [-0.05, 0) is 37.5 Å². The molecule has 0 saturated carbocycles. The number of amides is 1. The minimum Gasteiger partial charge on any atom is -0.450 e. The first-order chi connectivity index (χ1) is 11.7. The predicted molar refractivity (Wildman–Crippen MR) is 94.7 cm³/mol. The number of aryl methyl sites for hydroxylation is 1. The highest BCUT2D eigenvalue weighted by Crippen LogP contribution is 2.33. The lowest BCUT2D eigenvalue weighted by Crippen LogP contribution is -2.27. The van der Waals surface area contributed by atoms with Crippen LogP contribution < -0.4 is 5.32 Å². The molecule has 1 amide bonds. The van der Waals surface area contributed by atoms with Gasteiger partial charge in [0.05, 0.1) is 23.1 Å². The van der Waals surface area contributed by atoms with Crippen LogP contribution in [-0.4, -0.2) is 16.9 Å². The first-order valence-electron chi connectivity index (χ1n) is 7.92. The molecule has 0 bridgehead atoms. The number of rotatable bonds is 4. The largest absolute Gasteiger partial charge is 0.450 e. The van der Waals surface area contributed by atoms with E-state index in [2.05, 4.69) is 5.32 Å². The van der Waals surface area contributed by atoms with Gasteiger partial charge in [0.2, 0.25) is 0 Å². The average molecular weight is 341 g/mol. The van der Waals surface area contributed by atoms with Gasteiger partial charge < -0.3 is 4.74 Å². The van der Waals surface area contributed by atoms with Gasteiger partial charge in [-0.15, -0.1) is 0 Å². The van der Waals surface area contributed by atoms with Gasteiger partial charge >= 0.3 is 6.09 Å². The molecule has 1 unspecified atom stereocenters. The zero-order valence-electron chi connectivity index (χ0n) is 13.5. The lowest BCUT2D eigenvalue weighted by Gasteiger charge is -2.23. The van der Waals surface area contributed by atoms with Crippen LogP contribution in [0.3, 0.4) is 0 Å². The molecule has 0 heterocycles. The molecule has 124 valence electrons. The minimum absolute atomic E-state index is 0.290. The number of fused-ring (bicyclic) bond motifs is 1. The Balaban J connectivity index is 2.05. The smallest absolute Gasteiger partial charge is 0.411 e. The Labute approximate surface area is 144 Å². The molecule has 0 radical (unpaired) electrons. The number of alkyl carbamates (subject to hydrolysis) is 1. The summed E-state index contributed by atoms with van der Waals surface area (Å²) in [5.41, 5.74) is 2.66. The Kier molecular flexibility index (Phi) is 5.11. The van der Waals surface area contributed by atoms with E-state index in [0.29, 0.717) is 12.1 Å². The molecule has 1 atom stereocenters. The number of ether oxygens (including phenoxy) is 1. The van der Waals surface area contributed by atoms with Crippen molar-refractivity contribution in [1.82, 2.24) is 5.32 Å². The highest BCUT2D eigenvalue weighted by atomic mass is 32.2. The van der Waals surface area contributed by atoms with Crippen molar-refractivity contribution in [3.63, 3.8) is 0 Å². The molecule has 1 N–H and O–H groups in total. The molecular formula is C19H19NO3S. The van der Waals surface area contributed by atoms with Crippen molar-refractivity contribution >= 4 is 22.6 Å². The van der Waals surface area contributed by atoms with Gasteiger partial charge in [0, 0.05) is 15.4 Å². The number of benzene rings is 2. The molecule has 0 aliphatic heterocycles. The van der Waals surface area contributed by atoms with Crippen LogP contribution in [0.4, 0.5) is 4.79 Å². The fraction of sp³-hybridized carbons (Fsp3) is 0.211. The monoisotopic (exact) mass is 341 g/mol. The maximum Gasteiger partial charge on any atom is 0.411 e. The van der Waals surface area contributed by atoms with Crippen LogP contribution in [0, 0.1) is 0 Å². The summed E-state index contributed by atoms with van der Waals surface area (Å²) >= 11 is 0. The van der Waals surface area contributed by atoms with Crippen LogP contribution >= 0.6 is 0 Å². The molecular weight excluding hydrogens is 322 g/mol. The molecule has 2 aromatic carbocycles. The molecule has 2 aromatic rings. The van der Waals surface area contributed by atoms with Crippen LogP contribution in [-0.2, 0) is 22.0 Å². The van der Waals surface area contributed by atoms with Crippen molar-refractivity contribution in [3.05, 3.63) is 70.6 Å². The van der Waals surface area contributed by atoms with E-state index >= 15 is 0 Å². The summed E-state index contributed by atoms with van der Waals surface area (Å²) in [5.74, 6) is 0. The van der Waals surface area contributed by atoms with Crippen molar-refractivity contribution in [2.45, 2.75) is 24.7 Å². The molecule has 1 aliphatic rings. The van der Waals surface area contributed by atoms with E-state index in [1.807, 2.05) is 54.6 Å². The van der Waals surface area contributed by atoms with E-state index in [-0.39, 0.29) is 6.61 Å². The third-order valence-electron chi connectivity index (χ3n) is 3.87. The van der Waals surface area contributed by atoms with Gasteiger partial charge in [-0.25, -0.2) is 9.00 Å². The zero-order chi connectivity index (χ0) is 16.9.